The van der Waals surface area contributed by atoms with Crippen LogP contribution >= 0.6 is 22.9 Å². The maximum absolute atomic E-state index is 13.5. The van der Waals surface area contributed by atoms with E-state index in [9.17, 15) is 13.2 Å². The third-order valence-corrected chi connectivity index (χ3v) is 8.29. The van der Waals surface area contributed by atoms with Gasteiger partial charge in [0.25, 0.3) is 0 Å². The Balaban J connectivity index is 1.30. The van der Waals surface area contributed by atoms with Crippen LogP contribution in [0.15, 0.2) is 42.2 Å². The molecule has 36 heavy (non-hydrogen) atoms. The lowest BCUT2D eigenvalue weighted by Crippen LogP contribution is -2.30. The van der Waals surface area contributed by atoms with Gasteiger partial charge in [-0.15, -0.1) is 11.3 Å². The molecule has 5 rings (SSSR count). The molecule has 0 bridgehead atoms. The number of ketones is 1. The summed E-state index contributed by atoms with van der Waals surface area (Å²) >= 11 is 7.65. The average Bonchev–Trinajstić information content (AvgIpc) is 3.52. The summed E-state index contributed by atoms with van der Waals surface area (Å²) in [4.78, 5) is 22.5. The highest BCUT2D eigenvalue weighted by atomic mass is 35.5. The van der Waals surface area contributed by atoms with Crippen molar-refractivity contribution in [3.8, 4) is 0 Å². The van der Waals surface area contributed by atoms with Crippen molar-refractivity contribution in [2.24, 2.45) is 11.1 Å². The molecule has 1 aliphatic heterocycles. The number of nitrogens with two attached hydrogens (primary N) is 1. The maximum atomic E-state index is 13.5. The molecule has 4 N–H and O–H groups in total. The lowest BCUT2D eigenvalue weighted by Gasteiger charge is -2.26. The molecule has 3 heterocycles. The Morgan fingerprint density at radius 1 is 1.31 bits per heavy atom. The molecule has 1 saturated carbocycles. The lowest BCUT2D eigenvalue weighted by atomic mass is 9.91. The second-order valence-corrected chi connectivity index (χ2v) is 11.7. The van der Waals surface area contributed by atoms with Crippen LogP contribution in [0.5, 0.6) is 0 Å². The van der Waals surface area contributed by atoms with Crippen molar-refractivity contribution in [3.63, 3.8) is 0 Å². The zero-order chi connectivity index (χ0) is 25.3. The second kappa shape index (κ2) is 10.5. The Morgan fingerprint density at radius 2 is 2.17 bits per heavy atom. The molecule has 1 fully saturated rings. The molecule has 1 unspecified atom stereocenters. The van der Waals surface area contributed by atoms with Gasteiger partial charge in [0, 0.05) is 23.8 Å². The van der Waals surface area contributed by atoms with Crippen molar-refractivity contribution in [1.29, 1.82) is 0 Å². The minimum Gasteiger partial charge on any atom is -0.367 e. The maximum Gasteiger partial charge on any atom is 0.333 e. The SMILES string of the molecule is NS(=O)(=O)OC[C@@H]1CC[C@H](Nc2ncncc2C(=O)c2cc(C3NCCc4ccc(Cl)cc43)cs2)C1. The van der Waals surface area contributed by atoms with Gasteiger partial charge < -0.3 is 10.6 Å². The summed E-state index contributed by atoms with van der Waals surface area (Å²) in [6.07, 6.45) is 6.14. The van der Waals surface area contributed by atoms with Crippen LogP contribution in [-0.4, -0.2) is 43.4 Å². The van der Waals surface area contributed by atoms with E-state index in [0.29, 0.717) is 27.7 Å². The third-order valence-electron chi connectivity index (χ3n) is 6.65. The van der Waals surface area contributed by atoms with E-state index in [-0.39, 0.29) is 30.4 Å². The highest BCUT2D eigenvalue weighted by molar-refractivity contribution is 7.84. The number of aromatic nitrogens is 2. The number of carbonyl (C=O) groups is 1. The van der Waals surface area contributed by atoms with Crippen LogP contribution in [0, 0.1) is 5.92 Å². The largest absolute Gasteiger partial charge is 0.367 e. The van der Waals surface area contributed by atoms with E-state index in [1.165, 1.54) is 29.4 Å². The molecular formula is C24H26ClN5O4S2. The van der Waals surface area contributed by atoms with Crippen LogP contribution in [0.2, 0.25) is 5.02 Å². The topological polar surface area (TPSA) is 136 Å². The molecule has 0 radical (unpaired) electrons. The summed E-state index contributed by atoms with van der Waals surface area (Å²) in [5.74, 6) is 0.375. The fourth-order valence-corrected chi connectivity index (χ4v) is 6.38. The summed E-state index contributed by atoms with van der Waals surface area (Å²) in [5.41, 5.74) is 3.81. The number of anilines is 1. The van der Waals surface area contributed by atoms with Gasteiger partial charge in [0.2, 0.25) is 5.78 Å². The van der Waals surface area contributed by atoms with Gasteiger partial charge in [-0.25, -0.2) is 15.1 Å². The molecule has 3 aromatic rings. The molecule has 1 aliphatic carbocycles. The van der Waals surface area contributed by atoms with Crippen LogP contribution in [0.3, 0.4) is 0 Å². The Kier molecular flexibility index (Phi) is 7.38. The van der Waals surface area contributed by atoms with Crippen molar-refractivity contribution >= 4 is 44.8 Å². The van der Waals surface area contributed by atoms with Gasteiger partial charge in [0.1, 0.15) is 12.1 Å². The molecule has 0 spiro atoms. The smallest absolute Gasteiger partial charge is 0.333 e. The third kappa shape index (κ3) is 5.77. The summed E-state index contributed by atoms with van der Waals surface area (Å²) in [6, 6.07) is 7.90. The summed E-state index contributed by atoms with van der Waals surface area (Å²) in [6.45, 7) is 0.901. The summed E-state index contributed by atoms with van der Waals surface area (Å²) < 4.78 is 26.9. The van der Waals surface area contributed by atoms with Crippen molar-refractivity contribution in [2.45, 2.75) is 37.8 Å². The number of rotatable bonds is 8. The lowest BCUT2D eigenvalue weighted by molar-refractivity contribution is 0.104. The molecule has 12 heteroatoms. The highest BCUT2D eigenvalue weighted by Gasteiger charge is 2.28. The number of halogens is 1. The first-order chi connectivity index (χ1) is 17.3. The van der Waals surface area contributed by atoms with Crippen molar-refractivity contribution in [2.75, 3.05) is 18.5 Å². The van der Waals surface area contributed by atoms with Crippen LogP contribution in [0.1, 0.15) is 57.2 Å². The number of carbonyl (C=O) groups excluding carboxylic acids is 1. The van der Waals surface area contributed by atoms with Gasteiger partial charge in [-0.2, -0.15) is 8.42 Å². The summed E-state index contributed by atoms with van der Waals surface area (Å²) in [5, 5.41) is 14.5. The average molecular weight is 548 g/mol. The zero-order valence-corrected chi connectivity index (χ0v) is 21.7. The van der Waals surface area contributed by atoms with Crippen LogP contribution in [0.25, 0.3) is 0 Å². The van der Waals surface area contributed by atoms with Crippen molar-refractivity contribution in [3.05, 3.63) is 74.3 Å². The fraction of sp³-hybridized carbons (Fsp3) is 0.375. The second-order valence-electron chi connectivity index (χ2n) is 9.14. The number of hydrogen-bond acceptors (Lipinski definition) is 9. The first-order valence-electron chi connectivity index (χ1n) is 11.7. The van der Waals surface area contributed by atoms with Gasteiger partial charge in [-0.3, -0.25) is 8.98 Å². The Hall–Kier alpha value is -2.41. The minimum atomic E-state index is -3.96. The minimum absolute atomic E-state index is 0.0233. The normalized spacial score (nSPS) is 21.8. The number of benzene rings is 1. The molecule has 0 saturated heterocycles. The molecule has 1 aromatic carbocycles. The highest BCUT2D eigenvalue weighted by Crippen LogP contribution is 2.34. The van der Waals surface area contributed by atoms with Gasteiger partial charge in [-0.1, -0.05) is 17.7 Å². The fourth-order valence-electron chi connectivity index (χ4n) is 4.93. The van der Waals surface area contributed by atoms with E-state index in [1.54, 1.807) is 0 Å². The van der Waals surface area contributed by atoms with Gasteiger partial charge >= 0.3 is 10.3 Å². The zero-order valence-electron chi connectivity index (χ0n) is 19.3. The molecule has 2 aliphatic rings. The standard InChI is InChI=1S/C24H26ClN5O4S2/c25-17-3-2-15-5-6-28-22(19(15)9-17)16-8-21(35-12-16)23(31)20-10-27-13-29-24(20)30-18-4-1-14(7-18)11-34-36(26,32)33/h2-3,8-10,12-14,18,22,28H,1,4-7,11H2,(H2,26,32,33)(H,27,29,30)/t14-,18+,22?/m1/s1. The van der Waals surface area contributed by atoms with Crippen molar-refractivity contribution < 1.29 is 17.4 Å². The predicted molar refractivity (Wildman–Crippen MR) is 139 cm³/mol. The first-order valence-corrected chi connectivity index (χ1v) is 14.4. The van der Waals surface area contributed by atoms with Gasteiger partial charge in [0.15, 0.2) is 0 Å². The van der Waals surface area contributed by atoms with Gasteiger partial charge in [0.05, 0.1) is 23.1 Å². The number of hydrogen-bond donors (Lipinski definition) is 3. The van der Waals surface area contributed by atoms with E-state index in [4.69, 9.17) is 20.9 Å². The Morgan fingerprint density at radius 3 is 3.00 bits per heavy atom. The molecule has 9 nitrogen and oxygen atoms in total. The molecule has 2 aromatic heterocycles. The Labute approximate surface area is 218 Å². The monoisotopic (exact) mass is 547 g/mol. The van der Waals surface area contributed by atoms with Crippen LogP contribution in [-0.2, 0) is 20.9 Å². The molecule has 3 atom stereocenters. The molecular weight excluding hydrogens is 522 g/mol. The Bertz CT molecular complexity index is 1380. The quantitative estimate of drug-likeness (QED) is 0.365. The predicted octanol–water partition coefficient (Wildman–Crippen LogP) is 3.46. The van der Waals surface area contributed by atoms with E-state index >= 15 is 0 Å². The first kappa shape index (κ1) is 25.2. The number of thiophene rings is 1. The van der Waals surface area contributed by atoms with E-state index in [1.807, 2.05) is 23.6 Å². The van der Waals surface area contributed by atoms with Crippen molar-refractivity contribution in [1.82, 2.24) is 15.3 Å². The van der Waals surface area contributed by atoms with Gasteiger partial charge in [-0.05, 0) is 71.9 Å². The van der Waals surface area contributed by atoms with Crippen LogP contribution in [0.4, 0.5) is 5.82 Å². The summed E-state index contributed by atoms with van der Waals surface area (Å²) in [7, 11) is -3.96. The number of nitrogens with zero attached hydrogens (tertiary/aromatic N) is 2. The molecule has 0 amide bonds. The molecule has 190 valence electrons. The van der Waals surface area contributed by atoms with E-state index in [0.717, 1.165) is 36.9 Å². The number of fused-ring (bicyclic) bond motifs is 1. The van der Waals surface area contributed by atoms with E-state index < -0.39 is 10.3 Å². The van der Waals surface area contributed by atoms with E-state index in [2.05, 4.69) is 26.7 Å². The number of nitrogens with one attached hydrogen (secondary N) is 2. The van der Waals surface area contributed by atoms with Crippen LogP contribution < -0.4 is 15.8 Å².